The minimum Gasteiger partial charge on any atom is -0.663 e. The maximum atomic E-state index is 9.83. The van der Waals surface area contributed by atoms with Crippen LogP contribution in [0.15, 0.2) is 0 Å². The smallest absolute Gasteiger partial charge is 0.287 e. The number of aliphatic carboxylic acids is 1. The van der Waals surface area contributed by atoms with E-state index in [1.807, 2.05) is 0 Å². The fourth-order valence-corrected chi connectivity index (χ4v) is 0. The second-order valence-corrected chi connectivity index (χ2v) is 1.93. The van der Waals surface area contributed by atoms with Gasteiger partial charge in [-0.25, -0.2) is 0 Å². The Morgan fingerprint density at radius 2 is 1.75 bits per heavy atom. The maximum Gasteiger partial charge on any atom is 0.287 e. The van der Waals surface area contributed by atoms with Gasteiger partial charge in [-0.1, -0.05) is 13.8 Å². The summed E-state index contributed by atoms with van der Waals surface area (Å²) in [6, 6.07) is 0. The normalized spacial score (nSPS) is 9.88. The summed E-state index contributed by atoms with van der Waals surface area (Å²) in [7, 11) is 0. The predicted molar refractivity (Wildman–Crippen MR) is 26.0 cm³/mol. The molecule has 0 fully saturated rings. The van der Waals surface area contributed by atoms with E-state index < -0.39 is 11.5 Å². The van der Waals surface area contributed by atoms with E-state index in [2.05, 4.69) is 0 Å². The molecule has 0 rings (SSSR count). The zero-order valence-electron chi connectivity index (χ0n) is 4.67. The molecule has 0 aliphatic heterocycles. The SMILES string of the molecule is CC(C)([NH-])C(=O)O.[Pt]. The van der Waals surface area contributed by atoms with Crippen molar-refractivity contribution in [1.82, 2.24) is 0 Å². The van der Waals surface area contributed by atoms with Crippen LogP contribution in [0.25, 0.3) is 5.73 Å². The van der Waals surface area contributed by atoms with Crippen molar-refractivity contribution in [2.45, 2.75) is 19.4 Å². The summed E-state index contributed by atoms with van der Waals surface area (Å²) < 4.78 is 0. The summed E-state index contributed by atoms with van der Waals surface area (Å²) in [5.41, 5.74) is 5.45. The Hall–Kier alpha value is 0.118. The number of rotatable bonds is 1. The van der Waals surface area contributed by atoms with Crippen molar-refractivity contribution < 1.29 is 31.0 Å². The zero-order chi connectivity index (χ0) is 6.08. The van der Waals surface area contributed by atoms with Crippen molar-refractivity contribution in [1.29, 1.82) is 0 Å². The molecule has 0 unspecified atom stereocenters. The van der Waals surface area contributed by atoms with Crippen LogP contribution in [0.2, 0.25) is 0 Å². The van der Waals surface area contributed by atoms with E-state index in [1.54, 1.807) is 0 Å². The molecule has 0 radical (unpaired) electrons. The first kappa shape index (κ1) is 11.0. The van der Waals surface area contributed by atoms with Gasteiger partial charge in [0.1, 0.15) is 0 Å². The molecule has 8 heavy (non-hydrogen) atoms. The molecule has 0 amide bonds. The molecule has 0 aromatic heterocycles. The average molecular weight is 297 g/mol. The second kappa shape index (κ2) is 3.20. The van der Waals surface area contributed by atoms with Crippen LogP contribution in [-0.2, 0) is 25.9 Å². The monoisotopic (exact) mass is 297 g/mol. The molecule has 2 N–H and O–H groups in total. The van der Waals surface area contributed by atoms with Crippen molar-refractivity contribution in [2.75, 3.05) is 0 Å². The van der Waals surface area contributed by atoms with Crippen LogP contribution in [0.3, 0.4) is 0 Å². The number of carboxylic acid groups (broad SMARTS) is 1. The number of carbonyl (C=O) groups is 1. The summed E-state index contributed by atoms with van der Waals surface area (Å²) in [4.78, 5) is 9.83. The number of hydrogen-bond acceptors (Lipinski definition) is 1. The minimum absolute atomic E-state index is 0. The molecule has 0 heterocycles. The Balaban J connectivity index is 0. The third kappa shape index (κ3) is 4.28. The van der Waals surface area contributed by atoms with E-state index in [4.69, 9.17) is 10.8 Å². The van der Waals surface area contributed by atoms with Gasteiger partial charge in [-0.15, -0.1) is 0 Å². The zero-order valence-corrected chi connectivity index (χ0v) is 6.94. The fourth-order valence-electron chi connectivity index (χ4n) is 0. The van der Waals surface area contributed by atoms with Gasteiger partial charge in [-0.2, -0.15) is 0 Å². The van der Waals surface area contributed by atoms with Crippen molar-refractivity contribution in [2.24, 2.45) is 0 Å². The molecule has 0 aliphatic rings. The molecule has 52 valence electrons. The van der Waals surface area contributed by atoms with Crippen molar-refractivity contribution >= 4 is 5.97 Å². The van der Waals surface area contributed by atoms with E-state index in [0.717, 1.165) is 0 Å². The van der Waals surface area contributed by atoms with Gasteiger partial charge in [0.25, 0.3) is 5.97 Å². The standard InChI is InChI=1S/C4H8NO2.Pt/c1-4(2,5)3(6)7;/h5H,1-2H3,(H,6,7);/q-1;. The Kier molecular flexibility index (Phi) is 4.40. The van der Waals surface area contributed by atoms with Crippen LogP contribution in [0.1, 0.15) is 13.8 Å². The summed E-state index contributed by atoms with van der Waals surface area (Å²) in [5.74, 6) is -1.09. The summed E-state index contributed by atoms with van der Waals surface area (Å²) in [6.45, 7) is 2.66. The van der Waals surface area contributed by atoms with Gasteiger partial charge in [0.15, 0.2) is 0 Å². The van der Waals surface area contributed by atoms with Crippen molar-refractivity contribution in [3.05, 3.63) is 5.73 Å². The average Bonchev–Trinajstić information content (AvgIpc) is 1.31. The van der Waals surface area contributed by atoms with Crippen LogP contribution in [0, 0.1) is 0 Å². The van der Waals surface area contributed by atoms with Crippen molar-refractivity contribution in [3.8, 4) is 0 Å². The molecule has 0 saturated heterocycles. The molecule has 4 heteroatoms. The largest absolute Gasteiger partial charge is 0.663 e. The second-order valence-electron chi connectivity index (χ2n) is 1.93. The maximum absolute atomic E-state index is 9.83. The van der Waals surface area contributed by atoms with Gasteiger partial charge in [0.2, 0.25) is 0 Å². The predicted octanol–water partition coefficient (Wildman–Crippen LogP) is 0.899. The molecule has 0 bridgehead atoms. The number of carboxylic acids is 1. The van der Waals surface area contributed by atoms with Crippen LogP contribution in [0.4, 0.5) is 0 Å². The first-order chi connectivity index (χ1) is 2.94. The van der Waals surface area contributed by atoms with Gasteiger partial charge in [0, 0.05) is 21.1 Å². The molecule has 0 spiro atoms. The van der Waals surface area contributed by atoms with Gasteiger partial charge in [0.05, 0.1) is 0 Å². The van der Waals surface area contributed by atoms with Gasteiger partial charge >= 0.3 is 0 Å². The first-order valence-electron chi connectivity index (χ1n) is 1.93. The van der Waals surface area contributed by atoms with E-state index in [9.17, 15) is 4.79 Å². The van der Waals surface area contributed by atoms with Crippen LogP contribution in [-0.4, -0.2) is 16.6 Å². The minimum atomic E-state index is -1.33. The Morgan fingerprint density at radius 3 is 1.75 bits per heavy atom. The van der Waals surface area contributed by atoms with Crippen LogP contribution < -0.4 is 0 Å². The Bertz CT molecular complexity index is 86.5. The van der Waals surface area contributed by atoms with Crippen LogP contribution in [0.5, 0.6) is 0 Å². The molecule has 0 aromatic rings. The topological polar surface area (TPSA) is 61.1 Å². The Morgan fingerprint density at radius 1 is 1.62 bits per heavy atom. The van der Waals surface area contributed by atoms with E-state index >= 15 is 0 Å². The molecule has 3 nitrogen and oxygen atoms in total. The molecule has 0 aliphatic carbocycles. The number of hydrogen-bond donors (Lipinski definition) is 1. The fraction of sp³-hybridized carbons (Fsp3) is 0.750. The van der Waals surface area contributed by atoms with E-state index in [1.165, 1.54) is 13.8 Å². The molecule has 0 saturated carbocycles. The first-order valence-corrected chi connectivity index (χ1v) is 1.93. The summed E-state index contributed by atoms with van der Waals surface area (Å²) in [6.07, 6.45) is 0. The van der Waals surface area contributed by atoms with Gasteiger partial charge in [-0.05, 0) is 5.54 Å². The third-order valence-corrected chi connectivity index (χ3v) is 0.535. The molecule has 0 aromatic carbocycles. The molecular weight excluding hydrogens is 289 g/mol. The molecular formula is C4H8NO2Pt-. The van der Waals surface area contributed by atoms with E-state index in [0.29, 0.717) is 0 Å². The van der Waals surface area contributed by atoms with Gasteiger partial charge in [-0.3, -0.25) is 4.79 Å². The summed E-state index contributed by atoms with van der Waals surface area (Å²) >= 11 is 0. The van der Waals surface area contributed by atoms with E-state index in [-0.39, 0.29) is 21.1 Å². The number of nitrogens with one attached hydrogen (secondary N) is 1. The van der Waals surface area contributed by atoms with Crippen LogP contribution >= 0.6 is 0 Å². The third-order valence-electron chi connectivity index (χ3n) is 0.535. The Labute approximate surface area is 62.5 Å². The quantitative estimate of drug-likeness (QED) is 0.781. The summed E-state index contributed by atoms with van der Waals surface area (Å²) in [5, 5.41) is 8.06. The van der Waals surface area contributed by atoms with Gasteiger partial charge < -0.3 is 10.8 Å². The van der Waals surface area contributed by atoms with Crippen molar-refractivity contribution in [3.63, 3.8) is 0 Å². The molecule has 0 atom stereocenters.